The SMILES string of the molecule is CC[C@H](C)NC(=O)CSc1nnc(-c2cc(C)cc(C)c2)o1. The number of carbonyl (C=O) groups excluding carboxylic acids is 1. The number of nitrogens with one attached hydrogen (secondary N) is 1. The van der Waals surface area contributed by atoms with E-state index in [1.165, 1.54) is 11.8 Å². The third-order valence-corrected chi connectivity index (χ3v) is 4.04. The maximum absolute atomic E-state index is 11.7. The molecule has 0 fully saturated rings. The van der Waals surface area contributed by atoms with Gasteiger partial charge < -0.3 is 9.73 Å². The zero-order valence-electron chi connectivity index (χ0n) is 13.3. The van der Waals surface area contributed by atoms with Gasteiger partial charge in [-0.1, -0.05) is 35.9 Å². The van der Waals surface area contributed by atoms with E-state index >= 15 is 0 Å². The zero-order valence-corrected chi connectivity index (χ0v) is 14.2. The molecule has 2 rings (SSSR count). The second-order valence-corrected chi connectivity index (χ2v) is 6.34. The van der Waals surface area contributed by atoms with Gasteiger partial charge in [-0.3, -0.25) is 4.79 Å². The number of thioether (sulfide) groups is 1. The van der Waals surface area contributed by atoms with Crippen molar-refractivity contribution in [1.82, 2.24) is 15.5 Å². The Morgan fingerprint density at radius 2 is 1.95 bits per heavy atom. The van der Waals surface area contributed by atoms with E-state index < -0.39 is 0 Å². The van der Waals surface area contributed by atoms with Crippen molar-refractivity contribution >= 4 is 17.7 Å². The minimum absolute atomic E-state index is 0.0227. The first-order valence-electron chi connectivity index (χ1n) is 7.32. The number of carbonyl (C=O) groups is 1. The summed E-state index contributed by atoms with van der Waals surface area (Å²) in [6.07, 6.45) is 0.911. The van der Waals surface area contributed by atoms with Crippen molar-refractivity contribution in [3.63, 3.8) is 0 Å². The molecule has 118 valence electrons. The number of benzene rings is 1. The predicted octanol–water partition coefficient (Wildman–Crippen LogP) is 3.36. The molecule has 1 N–H and O–H groups in total. The van der Waals surface area contributed by atoms with Gasteiger partial charge in [-0.2, -0.15) is 0 Å². The van der Waals surface area contributed by atoms with Gasteiger partial charge in [-0.25, -0.2) is 0 Å². The Morgan fingerprint density at radius 3 is 2.59 bits per heavy atom. The zero-order chi connectivity index (χ0) is 16.1. The van der Waals surface area contributed by atoms with E-state index in [0.717, 1.165) is 23.1 Å². The quantitative estimate of drug-likeness (QED) is 0.827. The fourth-order valence-electron chi connectivity index (χ4n) is 2.03. The lowest BCUT2D eigenvalue weighted by atomic mass is 10.1. The lowest BCUT2D eigenvalue weighted by molar-refractivity contribution is -0.119. The summed E-state index contributed by atoms with van der Waals surface area (Å²) in [5.41, 5.74) is 3.20. The van der Waals surface area contributed by atoms with Gasteiger partial charge in [0.1, 0.15) is 0 Å². The van der Waals surface area contributed by atoms with E-state index in [0.29, 0.717) is 11.1 Å². The molecule has 0 aliphatic carbocycles. The molecule has 0 aliphatic rings. The van der Waals surface area contributed by atoms with Crippen LogP contribution in [0.5, 0.6) is 0 Å². The van der Waals surface area contributed by atoms with E-state index in [1.807, 2.05) is 39.8 Å². The molecule has 2 aromatic rings. The summed E-state index contributed by atoms with van der Waals surface area (Å²) >= 11 is 1.25. The molecule has 1 amide bonds. The molecule has 0 bridgehead atoms. The molecule has 0 spiro atoms. The monoisotopic (exact) mass is 319 g/mol. The van der Waals surface area contributed by atoms with Crippen LogP contribution in [-0.4, -0.2) is 27.9 Å². The summed E-state index contributed by atoms with van der Waals surface area (Å²) in [6, 6.07) is 6.28. The van der Waals surface area contributed by atoms with Gasteiger partial charge in [0.05, 0.1) is 5.75 Å². The number of aryl methyl sites for hydroxylation is 2. The lowest BCUT2D eigenvalue weighted by Crippen LogP contribution is -2.33. The standard InChI is InChI=1S/C16H21N3O2S/c1-5-12(4)17-14(20)9-22-16-19-18-15(21-16)13-7-10(2)6-11(3)8-13/h6-8,12H,5,9H2,1-4H3,(H,17,20)/t12-/m0/s1. The highest BCUT2D eigenvalue weighted by molar-refractivity contribution is 7.99. The number of rotatable bonds is 6. The number of nitrogens with zero attached hydrogens (tertiary/aromatic N) is 2. The van der Waals surface area contributed by atoms with Gasteiger partial charge in [0.25, 0.3) is 5.22 Å². The van der Waals surface area contributed by atoms with Crippen molar-refractivity contribution in [2.75, 3.05) is 5.75 Å². The van der Waals surface area contributed by atoms with Crippen molar-refractivity contribution in [3.05, 3.63) is 29.3 Å². The fraction of sp³-hybridized carbons (Fsp3) is 0.438. The van der Waals surface area contributed by atoms with E-state index in [4.69, 9.17) is 4.42 Å². The van der Waals surface area contributed by atoms with Gasteiger partial charge in [0, 0.05) is 11.6 Å². The first kappa shape index (κ1) is 16.5. The summed E-state index contributed by atoms with van der Waals surface area (Å²) < 4.78 is 5.62. The van der Waals surface area contributed by atoms with Crippen LogP contribution >= 0.6 is 11.8 Å². The molecule has 1 aromatic heterocycles. The van der Waals surface area contributed by atoms with Crippen molar-refractivity contribution in [2.24, 2.45) is 0 Å². The van der Waals surface area contributed by atoms with Crippen LogP contribution in [0.15, 0.2) is 27.8 Å². The van der Waals surface area contributed by atoms with Gasteiger partial charge in [0.2, 0.25) is 11.8 Å². The Morgan fingerprint density at radius 1 is 1.27 bits per heavy atom. The summed E-state index contributed by atoms with van der Waals surface area (Å²) in [4.78, 5) is 11.7. The molecule has 22 heavy (non-hydrogen) atoms. The normalized spacial score (nSPS) is 12.2. The molecule has 1 heterocycles. The van der Waals surface area contributed by atoms with E-state index in [1.54, 1.807) is 0 Å². The highest BCUT2D eigenvalue weighted by atomic mass is 32.2. The van der Waals surface area contributed by atoms with Gasteiger partial charge in [-0.15, -0.1) is 10.2 Å². The van der Waals surface area contributed by atoms with Crippen LogP contribution in [0.2, 0.25) is 0 Å². The van der Waals surface area contributed by atoms with Crippen LogP contribution in [0, 0.1) is 13.8 Å². The van der Waals surface area contributed by atoms with E-state index in [9.17, 15) is 4.79 Å². The molecule has 0 saturated carbocycles. The molecule has 1 aromatic carbocycles. The van der Waals surface area contributed by atoms with Gasteiger partial charge >= 0.3 is 0 Å². The summed E-state index contributed by atoms with van der Waals surface area (Å²) in [6.45, 7) is 8.07. The number of hydrogen-bond acceptors (Lipinski definition) is 5. The highest BCUT2D eigenvalue weighted by Gasteiger charge is 2.12. The van der Waals surface area contributed by atoms with Gasteiger partial charge in [-0.05, 0) is 39.3 Å². The lowest BCUT2D eigenvalue weighted by Gasteiger charge is -2.09. The first-order valence-corrected chi connectivity index (χ1v) is 8.30. The average Bonchev–Trinajstić information content (AvgIpc) is 2.93. The Balaban J connectivity index is 1.98. The van der Waals surface area contributed by atoms with E-state index in [2.05, 4.69) is 21.6 Å². The predicted molar refractivity (Wildman–Crippen MR) is 87.8 cm³/mol. The highest BCUT2D eigenvalue weighted by Crippen LogP contribution is 2.24. The number of hydrogen-bond donors (Lipinski definition) is 1. The average molecular weight is 319 g/mol. The Labute approximate surface area is 134 Å². The molecular weight excluding hydrogens is 298 g/mol. The molecular formula is C16H21N3O2S. The number of aromatic nitrogens is 2. The van der Waals surface area contributed by atoms with Crippen LogP contribution in [-0.2, 0) is 4.79 Å². The summed E-state index contributed by atoms with van der Waals surface area (Å²) in [7, 11) is 0. The topological polar surface area (TPSA) is 68.0 Å². The fourth-order valence-corrected chi connectivity index (χ4v) is 2.60. The minimum atomic E-state index is -0.0227. The molecule has 6 heteroatoms. The van der Waals surface area contributed by atoms with Crippen LogP contribution in [0.25, 0.3) is 11.5 Å². The molecule has 0 saturated heterocycles. The van der Waals surface area contributed by atoms with Crippen LogP contribution in [0.1, 0.15) is 31.4 Å². The van der Waals surface area contributed by atoms with Crippen molar-refractivity contribution in [2.45, 2.75) is 45.4 Å². The van der Waals surface area contributed by atoms with Crippen LogP contribution < -0.4 is 5.32 Å². The van der Waals surface area contributed by atoms with Gasteiger partial charge in [0.15, 0.2) is 0 Å². The molecule has 1 atom stereocenters. The summed E-state index contributed by atoms with van der Waals surface area (Å²) in [5, 5.41) is 11.4. The number of amides is 1. The second-order valence-electron chi connectivity index (χ2n) is 5.41. The second kappa shape index (κ2) is 7.45. The Hall–Kier alpha value is -1.82. The molecule has 0 unspecified atom stereocenters. The molecule has 0 radical (unpaired) electrons. The smallest absolute Gasteiger partial charge is 0.277 e. The summed E-state index contributed by atoms with van der Waals surface area (Å²) in [5.74, 6) is 0.737. The third-order valence-electron chi connectivity index (χ3n) is 3.22. The third kappa shape index (κ3) is 4.59. The van der Waals surface area contributed by atoms with Crippen LogP contribution in [0.3, 0.4) is 0 Å². The Bertz CT molecular complexity index is 634. The molecule has 0 aliphatic heterocycles. The van der Waals surface area contributed by atoms with Crippen molar-refractivity contribution < 1.29 is 9.21 Å². The van der Waals surface area contributed by atoms with Crippen molar-refractivity contribution in [1.29, 1.82) is 0 Å². The maximum atomic E-state index is 11.7. The minimum Gasteiger partial charge on any atom is -0.411 e. The van der Waals surface area contributed by atoms with Crippen LogP contribution in [0.4, 0.5) is 0 Å². The first-order chi connectivity index (χ1) is 10.5. The Kier molecular flexibility index (Phi) is 5.60. The van der Waals surface area contributed by atoms with E-state index in [-0.39, 0.29) is 17.7 Å². The maximum Gasteiger partial charge on any atom is 0.277 e. The molecule has 5 nitrogen and oxygen atoms in total. The van der Waals surface area contributed by atoms with Crippen molar-refractivity contribution in [3.8, 4) is 11.5 Å². The largest absolute Gasteiger partial charge is 0.411 e.